The predicted octanol–water partition coefficient (Wildman–Crippen LogP) is 2.34. The van der Waals surface area contributed by atoms with Crippen LogP contribution in [0, 0.1) is 10.1 Å². The molecule has 0 radical (unpaired) electrons. The number of nitro benzene ring substituents is 1. The molecule has 1 aromatic carbocycles. The molecule has 1 aromatic rings. The summed E-state index contributed by atoms with van der Waals surface area (Å²) in [6.45, 7) is 2.77. The summed E-state index contributed by atoms with van der Waals surface area (Å²) in [5.74, 6) is 0. The van der Waals surface area contributed by atoms with E-state index in [2.05, 4.69) is 5.32 Å². The van der Waals surface area contributed by atoms with E-state index in [-0.39, 0.29) is 16.8 Å². The van der Waals surface area contributed by atoms with E-state index in [0.29, 0.717) is 23.7 Å². The molecule has 3 N–H and O–H groups in total. The zero-order valence-electron chi connectivity index (χ0n) is 9.24. The Morgan fingerprint density at radius 1 is 1.53 bits per heavy atom. The molecule has 0 saturated heterocycles. The Morgan fingerprint density at radius 3 is 2.71 bits per heavy atom. The Bertz CT molecular complexity index is 426. The van der Waals surface area contributed by atoms with Crippen molar-refractivity contribution in [2.24, 2.45) is 5.73 Å². The fraction of sp³-hybridized carbons (Fsp3) is 0.400. The Hall–Kier alpha value is -0.880. The molecule has 0 saturated carbocycles. The van der Waals surface area contributed by atoms with Crippen LogP contribution >= 0.6 is 23.2 Å². The molecule has 0 fully saturated rings. The van der Waals surface area contributed by atoms with E-state index in [1.54, 1.807) is 6.07 Å². The van der Waals surface area contributed by atoms with Crippen molar-refractivity contribution in [3.63, 3.8) is 0 Å². The maximum absolute atomic E-state index is 10.7. The largest absolute Gasteiger partial charge is 0.329 e. The van der Waals surface area contributed by atoms with E-state index in [0.717, 1.165) is 0 Å². The number of nitrogens with one attached hydrogen (secondary N) is 1. The lowest BCUT2D eigenvalue weighted by Crippen LogP contribution is -2.32. The second-order valence-electron chi connectivity index (χ2n) is 3.67. The molecule has 7 heteroatoms. The van der Waals surface area contributed by atoms with Crippen molar-refractivity contribution in [3.8, 4) is 0 Å². The van der Waals surface area contributed by atoms with E-state index < -0.39 is 4.92 Å². The number of hydrogen-bond acceptors (Lipinski definition) is 4. The van der Waals surface area contributed by atoms with Gasteiger partial charge in [-0.05, 0) is 18.6 Å². The van der Waals surface area contributed by atoms with Gasteiger partial charge in [0.15, 0.2) is 0 Å². The Morgan fingerprint density at radius 2 is 2.18 bits per heavy atom. The third-order valence-corrected chi connectivity index (χ3v) is 2.94. The van der Waals surface area contributed by atoms with Gasteiger partial charge in [0, 0.05) is 30.2 Å². The number of nitro groups is 1. The highest BCUT2D eigenvalue weighted by atomic mass is 35.5. The molecule has 0 unspecified atom stereocenters. The Balaban J connectivity index is 2.95. The maximum atomic E-state index is 10.7. The van der Waals surface area contributed by atoms with Crippen molar-refractivity contribution >= 4 is 28.9 Å². The lowest BCUT2D eigenvalue weighted by Gasteiger charge is -2.12. The minimum Gasteiger partial charge on any atom is -0.329 e. The summed E-state index contributed by atoms with van der Waals surface area (Å²) in [5.41, 5.74) is 5.86. The normalized spacial score (nSPS) is 12.5. The zero-order valence-corrected chi connectivity index (χ0v) is 10.8. The summed E-state index contributed by atoms with van der Waals surface area (Å²) in [5, 5.41) is 14.2. The van der Waals surface area contributed by atoms with E-state index in [9.17, 15) is 10.1 Å². The van der Waals surface area contributed by atoms with Gasteiger partial charge in [-0.25, -0.2) is 0 Å². The minimum atomic E-state index is -0.552. The molecule has 1 atom stereocenters. The third-order valence-electron chi connectivity index (χ3n) is 2.28. The summed E-state index contributed by atoms with van der Waals surface area (Å²) in [7, 11) is 0. The van der Waals surface area contributed by atoms with E-state index >= 15 is 0 Å². The molecule has 0 amide bonds. The average Bonchev–Trinajstić information content (AvgIpc) is 2.28. The summed E-state index contributed by atoms with van der Waals surface area (Å²) < 4.78 is 0. The summed E-state index contributed by atoms with van der Waals surface area (Å²) in [4.78, 5) is 10.2. The maximum Gasteiger partial charge on any atom is 0.289 e. The van der Waals surface area contributed by atoms with Crippen LogP contribution in [-0.2, 0) is 6.54 Å². The molecule has 94 valence electrons. The first-order valence-electron chi connectivity index (χ1n) is 5.01. The molecule has 0 aliphatic carbocycles. The van der Waals surface area contributed by atoms with Gasteiger partial charge in [0.25, 0.3) is 5.69 Å². The second kappa shape index (κ2) is 6.16. The van der Waals surface area contributed by atoms with E-state index in [4.69, 9.17) is 28.9 Å². The van der Waals surface area contributed by atoms with Gasteiger partial charge in [0.2, 0.25) is 0 Å². The van der Waals surface area contributed by atoms with Crippen LogP contribution in [0.3, 0.4) is 0 Å². The van der Waals surface area contributed by atoms with Crippen molar-refractivity contribution in [2.45, 2.75) is 19.5 Å². The van der Waals surface area contributed by atoms with Crippen LogP contribution in [0.5, 0.6) is 0 Å². The fourth-order valence-corrected chi connectivity index (χ4v) is 1.74. The smallest absolute Gasteiger partial charge is 0.289 e. The topological polar surface area (TPSA) is 81.2 Å². The molecule has 0 aromatic heterocycles. The first kappa shape index (κ1) is 14.2. The van der Waals surface area contributed by atoms with Gasteiger partial charge in [-0.3, -0.25) is 10.1 Å². The van der Waals surface area contributed by atoms with E-state index in [1.807, 2.05) is 6.92 Å². The number of rotatable bonds is 5. The van der Waals surface area contributed by atoms with Crippen LogP contribution in [0.4, 0.5) is 5.69 Å². The van der Waals surface area contributed by atoms with Gasteiger partial charge in [-0.2, -0.15) is 0 Å². The number of benzene rings is 1. The Kier molecular flexibility index (Phi) is 5.14. The first-order valence-corrected chi connectivity index (χ1v) is 5.77. The van der Waals surface area contributed by atoms with Gasteiger partial charge < -0.3 is 11.1 Å². The number of nitrogens with zero attached hydrogens (tertiary/aromatic N) is 1. The van der Waals surface area contributed by atoms with Gasteiger partial charge in [-0.15, -0.1) is 0 Å². The number of nitrogens with two attached hydrogens (primary N) is 1. The van der Waals surface area contributed by atoms with Crippen LogP contribution in [0.15, 0.2) is 12.1 Å². The van der Waals surface area contributed by atoms with Crippen LogP contribution in [0.25, 0.3) is 0 Å². The van der Waals surface area contributed by atoms with Crippen molar-refractivity contribution in [2.75, 3.05) is 6.54 Å². The summed E-state index contributed by atoms with van der Waals surface area (Å²) in [6.07, 6.45) is 0. The molecule has 0 heterocycles. The molecule has 0 bridgehead atoms. The summed E-state index contributed by atoms with van der Waals surface area (Å²) in [6, 6.07) is 2.94. The molecule has 0 aliphatic rings. The van der Waals surface area contributed by atoms with Gasteiger partial charge in [0.05, 0.1) is 4.92 Å². The molecule has 0 spiro atoms. The molecule has 5 nitrogen and oxygen atoms in total. The highest BCUT2D eigenvalue weighted by molar-refractivity contribution is 6.35. The van der Waals surface area contributed by atoms with Gasteiger partial charge >= 0.3 is 0 Å². The van der Waals surface area contributed by atoms with Gasteiger partial charge in [-0.1, -0.05) is 23.2 Å². The van der Waals surface area contributed by atoms with Crippen LogP contribution in [-0.4, -0.2) is 17.5 Å². The van der Waals surface area contributed by atoms with Crippen molar-refractivity contribution in [1.82, 2.24) is 5.32 Å². The molecule has 17 heavy (non-hydrogen) atoms. The number of hydrogen-bond donors (Lipinski definition) is 2. The standard InChI is InChI=1S/C10H13Cl2N3O2/c1-6(4-13)14-5-7-2-8(11)3-9(10(7)12)15(16)17/h2-3,6,14H,4-5,13H2,1H3/t6-/m1/s1. The van der Waals surface area contributed by atoms with Crippen LogP contribution < -0.4 is 11.1 Å². The fourth-order valence-electron chi connectivity index (χ4n) is 1.26. The van der Waals surface area contributed by atoms with Crippen LogP contribution in [0.1, 0.15) is 12.5 Å². The van der Waals surface area contributed by atoms with Crippen molar-refractivity contribution in [1.29, 1.82) is 0 Å². The highest BCUT2D eigenvalue weighted by Gasteiger charge is 2.17. The molecule has 0 aliphatic heterocycles. The second-order valence-corrected chi connectivity index (χ2v) is 4.49. The Labute approximate surface area is 109 Å². The minimum absolute atomic E-state index is 0.101. The first-order chi connectivity index (χ1) is 7.95. The monoisotopic (exact) mass is 277 g/mol. The van der Waals surface area contributed by atoms with Crippen LogP contribution in [0.2, 0.25) is 10.0 Å². The van der Waals surface area contributed by atoms with Crippen molar-refractivity contribution in [3.05, 3.63) is 37.9 Å². The lowest BCUT2D eigenvalue weighted by molar-refractivity contribution is -0.384. The molecule has 1 rings (SSSR count). The molecular weight excluding hydrogens is 265 g/mol. The number of halogens is 2. The molecular formula is C10H13Cl2N3O2. The van der Waals surface area contributed by atoms with E-state index in [1.165, 1.54) is 6.07 Å². The highest BCUT2D eigenvalue weighted by Crippen LogP contribution is 2.31. The van der Waals surface area contributed by atoms with Gasteiger partial charge in [0.1, 0.15) is 5.02 Å². The zero-order chi connectivity index (χ0) is 13.0. The third kappa shape index (κ3) is 3.81. The lowest BCUT2D eigenvalue weighted by atomic mass is 10.2. The predicted molar refractivity (Wildman–Crippen MR) is 68.5 cm³/mol. The summed E-state index contributed by atoms with van der Waals surface area (Å²) >= 11 is 11.7. The average molecular weight is 278 g/mol. The van der Waals surface area contributed by atoms with Crippen molar-refractivity contribution < 1.29 is 4.92 Å². The quantitative estimate of drug-likeness (QED) is 0.639. The SMILES string of the molecule is C[C@H](CN)NCc1cc(Cl)cc([N+](=O)[O-])c1Cl.